The van der Waals surface area contributed by atoms with E-state index < -0.39 is 36.2 Å². The van der Waals surface area contributed by atoms with Crippen molar-refractivity contribution in [3.63, 3.8) is 0 Å². The molecule has 0 radical (unpaired) electrons. The van der Waals surface area contributed by atoms with E-state index in [1.165, 1.54) is 4.90 Å². The number of nitrogens with zero attached hydrogens (tertiary/aromatic N) is 1. The highest BCUT2D eigenvalue weighted by atomic mass is 16.5. The first kappa shape index (κ1) is 23.3. The number of fused-ring (bicyclic) bond motifs is 3. The molecule has 2 aliphatic heterocycles. The van der Waals surface area contributed by atoms with Crippen molar-refractivity contribution in [2.75, 3.05) is 26.3 Å². The lowest BCUT2D eigenvalue weighted by Crippen LogP contribution is -2.48. The number of aliphatic hydroxyl groups excluding tert-OH is 1. The van der Waals surface area contributed by atoms with E-state index in [-0.39, 0.29) is 38.0 Å². The fourth-order valence-corrected chi connectivity index (χ4v) is 5.43. The van der Waals surface area contributed by atoms with E-state index >= 15 is 0 Å². The Morgan fingerprint density at radius 3 is 2.37 bits per heavy atom. The standard InChI is InChI=1S/C26H28N2O7/c29-16-11-22(25(31)32)28(13-16)24(30)23-15(9-10-34-23)12-27-26(33)35-14-21-19-7-3-1-5-17(19)18-6-2-4-8-20(18)21/h1-8,15-16,21-23,29H,9-14H2,(H,27,33)(H,31,32). The molecule has 2 saturated heterocycles. The van der Waals surface area contributed by atoms with Crippen molar-refractivity contribution >= 4 is 18.0 Å². The van der Waals surface area contributed by atoms with Gasteiger partial charge in [0.25, 0.3) is 5.91 Å². The number of aliphatic hydroxyl groups is 1. The van der Waals surface area contributed by atoms with Crippen LogP contribution >= 0.6 is 0 Å². The van der Waals surface area contributed by atoms with Gasteiger partial charge in [-0.15, -0.1) is 0 Å². The predicted octanol–water partition coefficient (Wildman–Crippen LogP) is 1.98. The van der Waals surface area contributed by atoms with Crippen molar-refractivity contribution in [2.24, 2.45) is 5.92 Å². The average molecular weight is 481 g/mol. The first-order valence-corrected chi connectivity index (χ1v) is 11.9. The van der Waals surface area contributed by atoms with Crippen molar-refractivity contribution in [2.45, 2.75) is 37.0 Å². The largest absolute Gasteiger partial charge is 0.480 e. The van der Waals surface area contributed by atoms with Crippen LogP contribution < -0.4 is 5.32 Å². The number of aliphatic carboxylic acids is 1. The van der Waals surface area contributed by atoms with Gasteiger partial charge in [-0.25, -0.2) is 9.59 Å². The molecule has 2 aromatic carbocycles. The number of alkyl carbamates (subject to hydrolysis) is 1. The molecule has 5 rings (SSSR count). The quantitative estimate of drug-likeness (QED) is 0.577. The third kappa shape index (κ3) is 4.49. The number of amides is 2. The smallest absolute Gasteiger partial charge is 0.407 e. The third-order valence-electron chi connectivity index (χ3n) is 7.16. The molecule has 3 aliphatic rings. The summed E-state index contributed by atoms with van der Waals surface area (Å²) in [5.74, 6) is -1.98. The Morgan fingerprint density at radius 1 is 1.06 bits per heavy atom. The van der Waals surface area contributed by atoms with E-state index in [4.69, 9.17) is 9.47 Å². The molecule has 9 nitrogen and oxygen atoms in total. The number of carboxylic acids is 1. The predicted molar refractivity (Wildman–Crippen MR) is 125 cm³/mol. The summed E-state index contributed by atoms with van der Waals surface area (Å²) in [5.41, 5.74) is 4.54. The minimum Gasteiger partial charge on any atom is -0.480 e. The molecule has 0 spiro atoms. The van der Waals surface area contributed by atoms with Crippen molar-refractivity contribution in [3.8, 4) is 11.1 Å². The number of likely N-dealkylation sites (tertiary alicyclic amines) is 1. The Hall–Kier alpha value is -3.43. The van der Waals surface area contributed by atoms with Crippen LogP contribution in [-0.2, 0) is 19.1 Å². The monoisotopic (exact) mass is 480 g/mol. The molecule has 3 N–H and O–H groups in total. The summed E-state index contributed by atoms with van der Waals surface area (Å²) in [6.45, 7) is 0.653. The van der Waals surface area contributed by atoms with E-state index in [0.717, 1.165) is 22.3 Å². The highest BCUT2D eigenvalue weighted by Crippen LogP contribution is 2.44. The molecular formula is C26H28N2O7. The van der Waals surface area contributed by atoms with Gasteiger partial charge in [-0.2, -0.15) is 0 Å². The lowest BCUT2D eigenvalue weighted by atomic mass is 9.98. The number of carbonyl (C=O) groups excluding carboxylic acids is 2. The molecule has 0 aromatic heterocycles. The maximum Gasteiger partial charge on any atom is 0.407 e. The van der Waals surface area contributed by atoms with Crippen LogP contribution in [0.25, 0.3) is 11.1 Å². The molecule has 0 bridgehead atoms. The number of carboxylic acid groups (broad SMARTS) is 1. The number of β-amino-alcohol motifs (C(OH)–C–C–N with tert-alkyl or cyclic N) is 1. The Bertz CT molecular complexity index is 1090. The number of nitrogens with one attached hydrogen (secondary N) is 1. The summed E-state index contributed by atoms with van der Waals surface area (Å²) in [6, 6.07) is 15.1. The minimum absolute atomic E-state index is 0.00351. The zero-order valence-corrected chi connectivity index (χ0v) is 19.1. The average Bonchev–Trinajstić information content (AvgIpc) is 3.57. The SMILES string of the molecule is O=C(NCC1CCOC1C(=O)N1CC(O)CC1C(=O)O)OCC1c2ccccc2-c2ccccc21. The molecule has 2 fully saturated rings. The first-order valence-electron chi connectivity index (χ1n) is 11.9. The van der Waals surface area contributed by atoms with Gasteiger partial charge in [0.15, 0.2) is 0 Å². The van der Waals surface area contributed by atoms with Crippen molar-refractivity contribution in [1.29, 1.82) is 0 Å². The van der Waals surface area contributed by atoms with Crippen molar-refractivity contribution in [1.82, 2.24) is 10.2 Å². The lowest BCUT2D eigenvalue weighted by Gasteiger charge is -2.27. The molecule has 4 unspecified atom stereocenters. The van der Waals surface area contributed by atoms with E-state index in [9.17, 15) is 24.6 Å². The molecule has 0 saturated carbocycles. The van der Waals surface area contributed by atoms with Gasteiger partial charge in [0.1, 0.15) is 18.8 Å². The van der Waals surface area contributed by atoms with Gasteiger partial charge in [-0.1, -0.05) is 48.5 Å². The van der Waals surface area contributed by atoms with Crippen molar-refractivity contribution < 1.29 is 34.1 Å². The summed E-state index contributed by atoms with van der Waals surface area (Å²) < 4.78 is 11.2. The Morgan fingerprint density at radius 2 is 1.71 bits per heavy atom. The van der Waals surface area contributed by atoms with Crippen LogP contribution in [0.3, 0.4) is 0 Å². The summed E-state index contributed by atoms with van der Waals surface area (Å²) in [5, 5.41) is 22.0. The summed E-state index contributed by atoms with van der Waals surface area (Å²) in [6.07, 6.45) is -1.77. The normalized spacial score (nSPS) is 25.2. The van der Waals surface area contributed by atoms with Crippen molar-refractivity contribution in [3.05, 3.63) is 59.7 Å². The molecule has 1 aliphatic carbocycles. The first-order chi connectivity index (χ1) is 16.9. The van der Waals surface area contributed by atoms with E-state index in [1.54, 1.807) is 0 Å². The van der Waals surface area contributed by atoms with Crippen LogP contribution in [0.4, 0.5) is 4.79 Å². The van der Waals surface area contributed by atoms with Crippen LogP contribution in [0.2, 0.25) is 0 Å². The van der Waals surface area contributed by atoms with E-state index in [1.807, 2.05) is 36.4 Å². The Labute approximate surface area is 202 Å². The second kappa shape index (κ2) is 9.67. The fraction of sp³-hybridized carbons (Fsp3) is 0.423. The Balaban J connectivity index is 1.17. The van der Waals surface area contributed by atoms with Crippen LogP contribution in [0.5, 0.6) is 0 Å². The maximum absolute atomic E-state index is 13.0. The number of rotatable bonds is 6. The molecule has 35 heavy (non-hydrogen) atoms. The molecule has 2 aromatic rings. The highest BCUT2D eigenvalue weighted by Gasteiger charge is 2.45. The van der Waals surface area contributed by atoms with E-state index in [2.05, 4.69) is 17.4 Å². The van der Waals surface area contributed by atoms with Crippen LogP contribution in [0.1, 0.15) is 29.9 Å². The van der Waals surface area contributed by atoms with Gasteiger partial charge in [-0.05, 0) is 28.7 Å². The maximum atomic E-state index is 13.0. The molecule has 2 heterocycles. The van der Waals surface area contributed by atoms with Crippen LogP contribution in [0, 0.1) is 5.92 Å². The summed E-state index contributed by atoms with van der Waals surface area (Å²) in [4.78, 5) is 38.2. The molecule has 4 atom stereocenters. The van der Waals surface area contributed by atoms with Gasteiger partial charge in [0.05, 0.1) is 6.10 Å². The Kier molecular flexibility index (Phi) is 6.44. The number of ether oxygens (including phenoxy) is 2. The lowest BCUT2D eigenvalue weighted by molar-refractivity contribution is -0.153. The zero-order chi connectivity index (χ0) is 24.5. The zero-order valence-electron chi connectivity index (χ0n) is 19.1. The van der Waals surface area contributed by atoms with Gasteiger partial charge in [0, 0.05) is 38.0 Å². The second-order valence-electron chi connectivity index (χ2n) is 9.28. The van der Waals surface area contributed by atoms with Gasteiger partial charge >= 0.3 is 12.1 Å². The van der Waals surface area contributed by atoms with Gasteiger partial charge in [0.2, 0.25) is 0 Å². The molecular weight excluding hydrogens is 452 g/mol. The van der Waals surface area contributed by atoms with Gasteiger partial charge < -0.3 is 29.9 Å². The second-order valence-corrected chi connectivity index (χ2v) is 9.28. The fourth-order valence-electron chi connectivity index (χ4n) is 5.43. The third-order valence-corrected chi connectivity index (χ3v) is 7.16. The highest BCUT2D eigenvalue weighted by molar-refractivity contribution is 5.87. The minimum atomic E-state index is -1.15. The topological polar surface area (TPSA) is 125 Å². The van der Waals surface area contributed by atoms with Gasteiger partial charge in [-0.3, -0.25) is 4.79 Å². The number of hydrogen-bond donors (Lipinski definition) is 3. The molecule has 9 heteroatoms. The number of hydrogen-bond acceptors (Lipinski definition) is 6. The summed E-state index contributed by atoms with van der Waals surface area (Å²) in [7, 11) is 0. The molecule has 184 valence electrons. The van der Waals surface area contributed by atoms with E-state index in [0.29, 0.717) is 13.0 Å². The summed E-state index contributed by atoms with van der Waals surface area (Å²) >= 11 is 0. The number of carbonyl (C=O) groups is 3. The number of benzene rings is 2. The van der Waals surface area contributed by atoms with Crippen LogP contribution in [-0.4, -0.2) is 77.6 Å². The van der Waals surface area contributed by atoms with Crippen LogP contribution in [0.15, 0.2) is 48.5 Å². The molecule has 2 amide bonds.